The first-order chi connectivity index (χ1) is 14.8. The summed E-state index contributed by atoms with van der Waals surface area (Å²) in [5.41, 5.74) is -0.387. The number of hydrogen-bond donors (Lipinski definition) is 3. The highest BCUT2D eigenvalue weighted by atomic mass is 16.6. The zero-order valence-corrected chi connectivity index (χ0v) is 16.9. The lowest BCUT2D eigenvalue weighted by Crippen LogP contribution is -2.41. The number of anilines is 3. The van der Waals surface area contributed by atoms with Crippen molar-refractivity contribution in [3.05, 3.63) is 50.3 Å². The van der Waals surface area contributed by atoms with Gasteiger partial charge in [-0.1, -0.05) is 6.07 Å². The Hall–Kier alpha value is -3.76. The highest BCUT2D eigenvalue weighted by Gasteiger charge is 2.35. The van der Waals surface area contributed by atoms with E-state index >= 15 is 0 Å². The molecule has 3 N–H and O–H groups in total. The molecule has 2 aliphatic heterocycles. The number of nitrogens with zero attached hydrogens (tertiary/aromatic N) is 3. The van der Waals surface area contributed by atoms with Crippen LogP contribution in [0.5, 0.6) is 0 Å². The Morgan fingerprint density at radius 2 is 2.13 bits per heavy atom. The Morgan fingerprint density at radius 1 is 1.32 bits per heavy atom. The molecule has 1 aromatic heterocycles. The van der Waals surface area contributed by atoms with Gasteiger partial charge in [-0.05, 0) is 32.3 Å². The van der Waals surface area contributed by atoms with Crippen LogP contribution in [0.15, 0.2) is 29.1 Å². The van der Waals surface area contributed by atoms with E-state index in [-0.39, 0.29) is 35.2 Å². The van der Waals surface area contributed by atoms with Crippen molar-refractivity contribution in [1.29, 1.82) is 0 Å². The SMILES string of the molecule is CC1CCCCN1c1nc2c(c(=O)[nH]1)C(C(=O)Nc1cccc([N+](=O)[O-])c1)CC(=O)N2. The van der Waals surface area contributed by atoms with E-state index in [0.717, 1.165) is 25.8 Å². The first-order valence-electron chi connectivity index (χ1n) is 10.1. The van der Waals surface area contributed by atoms with E-state index in [1.165, 1.54) is 24.3 Å². The van der Waals surface area contributed by atoms with Gasteiger partial charge in [-0.2, -0.15) is 4.98 Å². The maximum atomic E-state index is 12.9. The summed E-state index contributed by atoms with van der Waals surface area (Å²) in [4.78, 5) is 57.6. The number of nitrogens with one attached hydrogen (secondary N) is 3. The first kappa shape index (κ1) is 20.5. The maximum Gasteiger partial charge on any atom is 0.271 e. The fourth-order valence-electron chi connectivity index (χ4n) is 4.06. The number of carbonyl (C=O) groups is 2. The van der Waals surface area contributed by atoms with Gasteiger partial charge in [0.25, 0.3) is 11.2 Å². The normalized spacial score (nSPS) is 20.5. The van der Waals surface area contributed by atoms with Crippen LogP contribution in [-0.2, 0) is 9.59 Å². The van der Waals surface area contributed by atoms with Crippen LogP contribution >= 0.6 is 0 Å². The topological polar surface area (TPSA) is 150 Å². The fraction of sp³-hybridized carbons (Fsp3) is 0.400. The molecule has 162 valence electrons. The van der Waals surface area contributed by atoms with Crippen LogP contribution in [0.1, 0.15) is 44.1 Å². The molecule has 2 unspecified atom stereocenters. The van der Waals surface area contributed by atoms with Crippen molar-refractivity contribution in [2.45, 2.75) is 44.6 Å². The Kier molecular flexibility index (Phi) is 5.40. The largest absolute Gasteiger partial charge is 0.340 e. The lowest BCUT2D eigenvalue weighted by atomic mass is 9.92. The van der Waals surface area contributed by atoms with Gasteiger partial charge in [-0.3, -0.25) is 29.5 Å². The summed E-state index contributed by atoms with van der Waals surface area (Å²) >= 11 is 0. The minimum Gasteiger partial charge on any atom is -0.340 e. The lowest BCUT2D eigenvalue weighted by Gasteiger charge is -2.34. The maximum absolute atomic E-state index is 12.9. The number of nitro groups is 1. The zero-order valence-electron chi connectivity index (χ0n) is 16.9. The molecular weight excluding hydrogens is 404 g/mol. The number of non-ortho nitro benzene ring substituents is 1. The Morgan fingerprint density at radius 3 is 2.87 bits per heavy atom. The summed E-state index contributed by atoms with van der Waals surface area (Å²) in [6.45, 7) is 2.79. The van der Waals surface area contributed by atoms with Crippen LogP contribution in [-0.4, -0.2) is 39.3 Å². The van der Waals surface area contributed by atoms with Gasteiger partial charge in [0.2, 0.25) is 17.8 Å². The van der Waals surface area contributed by atoms with Gasteiger partial charge < -0.3 is 15.5 Å². The number of nitro benzene ring substituents is 1. The van der Waals surface area contributed by atoms with E-state index in [1.807, 2.05) is 11.8 Å². The van der Waals surface area contributed by atoms with Crippen molar-refractivity contribution in [2.24, 2.45) is 0 Å². The van der Waals surface area contributed by atoms with Gasteiger partial charge in [0, 0.05) is 36.8 Å². The molecule has 11 nitrogen and oxygen atoms in total. The third-order valence-electron chi connectivity index (χ3n) is 5.65. The second kappa shape index (κ2) is 8.17. The molecule has 4 rings (SSSR count). The van der Waals surface area contributed by atoms with Gasteiger partial charge in [-0.15, -0.1) is 0 Å². The number of aromatic nitrogens is 2. The Labute approximate surface area is 177 Å². The van der Waals surface area contributed by atoms with Gasteiger partial charge >= 0.3 is 0 Å². The van der Waals surface area contributed by atoms with Crippen molar-refractivity contribution >= 4 is 35.0 Å². The molecule has 2 aromatic rings. The number of benzene rings is 1. The number of amides is 2. The molecule has 11 heteroatoms. The van der Waals surface area contributed by atoms with Crippen molar-refractivity contribution in [3.8, 4) is 0 Å². The quantitative estimate of drug-likeness (QED) is 0.500. The molecule has 0 saturated carbocycles. The Balaban J connectivity index is 1.65. The third-order valence-corrected chi connectivity index (χ3v) is 5.65. The first-order valence-corrected chi connectivity index (χ1v) is 10.1. The molecule has 0 radical (unpaired) electrons. The van der Waals surface area contributed by atoms with E-state index in [0.29, 0.717) is 5.95 Å². The molecule has 1 saturated heterocycles. The highest BCUT2D eigenvalue weighted by Crippen LogP contribution is 2.31. The smallest absolute Gasteiger partial charge is 0.271 e. The minimum absolute atomic E-state index is 0.0759. The number of carbonyl (C=O) groups excluding carboxylic acids is 2. The molecule has 0 bridgehead atoms. The number of aromatic amines is 1. The molecule has 0 aliphatic carbocycles. The Bertz CT molecular complexity index is 1110. The monoisotopic (exact) mass is 426 g/mol. The van der Waals surface area contributed by atoms with Crippen molar-refractivity contribution < 1.29 is 14.5 Å². The molecule has 2 amide bonds. The number of H-pyrrole nitrogens is 1. The average Bonchev–Trinajstić information content (AvgIpc) is 2.73. The predicted octanol–water partition coefficient (Wildman–Crippen LogP) is 2.12. The van der Waals surface area contributed by atoms with Gasteiger partial charge in [0.05, 0.1) is 16.4 Å². The summed E-state index contributed by atoms with van der Waals surface area (Å²) in [5, 5.41) is 16.1. The number of hydrogen-bond acceptors (Lipinski definition) is 7. The second-order valence-electron chi connectivity index (χ2n) is 7.79. The number of rotatable bonds is 4. The number of piperidine rings is 1. The van der Waals surface area contributed by atoms with E-state index in [9.17, 15) is 24.5 Å². The summed E-state index contributed by atoms with van der Waals surface area (Å²) in [5.74, 6) is -1.65. The van der Waals surface area contributed by atoms with Crippen LogP contribution in [0, 0.1) is 10.1 Å². The average molecular weight is 426 g/mol. The standard InChI is InChI=1S/C20H22N6O5/c1-11-5-2-3-8-25(11)20-23-17-16(19(29)24-20)14(10-15(27)22-17)18(28)21-12-6-4-7-13(9-12)26(30)31/h4,6-7,9,11,14H,2-3,5,8,10H2,1H3,(H,21,28)(H2,22,23,24,27,29). The molecule has 3 heterocycles. The summed E-state index contributed by atoms with van der Waals surface area (Å²) < 4.78 is 0. The van der Waals surface area contributed by atoms with Gasteiger partial charge in [0.15, 0.2) is 0 Å². The number of fused-ring (bicyclic) bond motifs is 1. The summed E-state index contributed by atoms with van der Waals surface area (Å²) in [6.07, 6.45) is 2.83. The highest BCUT2D eigenvalue weighted by molar-refractivity contribution is 6.04. The molecule has 1 aromatic carbocycles. The van der Waals surface area contributed by atoms with Crippen LogP contribution in [0.4, 0.5) is 23.1 Å². The van der Waals surface area contributed by atoms with E-state index < -0.39 is 28.2 Å². The van der Waals surface area contributed by atoms with Gasteiger partial charge in [0.1, 0.15) is 5.82 Å². The van der Waals surface area contributed by atoms with Gasteiger partial charge in [-0.25, -0.2) is 0 Å². The zero-order chi connectivity index (χ0) is 22.1. The van der Waals surface area contributed by atoms with E-state index in [1.54, 1.807) is 0 Å². The van der Waals surface area contributed by atoms with Crippen molar-refractivity contribution in [3.63, 3.8) is 0 Å². The van der Waals surface area contributed by atoms with Crippen molar-refractivity contribution in [1.82, 2.24) is 9.97 Å². The van der Waals surface area contributed by atoms with Crippen LogP contribution in [0.25, 0.3) is 0 Å². The van der Waals surface area contributed by atoms with E-state index in [4.69, 9.17) is 0 Å². The molecule has 0 spiro atoms. The predicted molar refractivity (Wildman–Crippen MR) is 113 cm³/mol. The molecule has 2 aliphatic rings. The van der Waals surface area contributed by atoms with Crippen LogP contribution in [0.3, 0.4) is 0 Å². The molecule has 2 atom stereocenters. The minimum atomic E-state index is -1.06. The summed E-state index contributed by atoms with van der Waals surface area (Å²) in [7, 11) is 0. The van der Waals surface area contributed by atoms with Crippen LogP contribution < -0.4 is 21.1 Å². The van der Waals surface area contributed by atoms with Crippen LogP contribution in [0.2, 0.25) is 0 Å². The molecule has 31 heavy (non-hydrogen) atoms. The second-order valence-corrected chi connectivity index (χ2v) is 7.79. The lowest BCUT2D eigenvalue weighted by molar-refractivity contribution is -0.384. The fourth-order valence-corrected chi connectivity index (χ4v) is 4.06. The van der Waals surface area contributed by atoms with E-state index in [2.05, 4.69) is 20.6 Å². The third kappa shape index (κ3) is 4.11. The van der Waals surface area contributed by atoms with Crippen molar-refractivity contribution in [2.75, 3.05) is 22.1 Å². The molecule has 1 fully saturated rings. The molecular formula is C20H22N6O5. The summed E-state index contributed by atoms with van der Waals surface area (Å²) in [6, 6.07) is 5.65.